The lowest BCUT2D eigenvalue weighted by Crippen LogP contribution is -2.40. The van der Waals surface area contributed by atoms with Crippen LogP contribution in [0.2, 0.25) is 0 Å². The predicted octanol–water partition coefficient (Wildman–Crippen LogP) is 2.40. The van der Waals surface area contributed by atoms with Gasteiger partial charge >= 0.3 is 0 Å². The molecule has 108 valence electrons. The first kappa shape index (κ1) is 15.9. The molecule has 1 rings (SSSR count). The Bertz CT molecular complexity index is 247. The molecule has 0 spiro atoms. The van der Waals surface area contributed by atoms with Crippen molar-refractivity contribution in [3.63, 3.8) is 0 Å². The first-order chi connectivity index (χ1) is 8.24. The molecule has 0 aromatic rings. The molecule has 4 nitrogen and oxygen atoms in total. The van der Waals surface area contributed by atoms with Crippen molar-refractivity contribution in [3.8, 4) is 0 Å². The van der Waals surface area contributed by atoms with Crippen LogP contribution in [0.5, 0.6) is 0 Å². The predicted molar refractivity (Wildman–Crippen MR) is 70.8 cm³/mol. The molecule has 1 saturated heterocycles. The van der Waals surface area contributed by atoms with Gasteiger partial charge in [-0.2, -0.15) is 0 Å². The second-order valence-corrected chi connectivity index (χ2v) is 6.15. The van der Waals surface area contributed by atoms with E-state index in [9.17, 15) is 0 Å². The van der Waals surface area contributed by atoms with Crippen LogP contribution in [-0.4, -0.2) is 49.8 Å². The Morgan fingerprint density at radius 3 is 2.22 bits per heavy atom. The Kier molecular flexibility index (Phi) is 5.59. The minimum atomic E-state index is -0.167. The highest BCUT2D eigenvalue weighted by Gasteiger charge is 2.44. The number of hydrogen-bond acceptors (Lipinski definition) is 4. The molecule has 1 unspecified atom stereocenters. The average Bonchev–Trinajstić information content (AvgIpc) is 2.50. The Morgan fingerprint density at radius 2 is 1.78 bits per heavy atom. The number of rotatable bonds is 5. The van der Waals surface area contributed by atoms with Gasteiger partial charge in [-0.1, -0.05) is 0 Å². The van der Waals surface area contributed by atoms with Gasteiger partial charge in [0.2, 0.25) is 0 Å². The maximum absolute atomic E-state index is 5.93. The highest BCUT2D eigenvalue weighted by Crippen LogP contribution is 2.28. The van der Waals surface area contributed by atoms with E-state index in [1.54, 1.807) is 7.11 Å². The van der Waals surface area contributed by atoms with Gasteiger partial charge in [-0.05, 0) is 41.5 Å². The summed E-state index contributed by atoms with van der Waals surface area (Å²) < 4.78 is 23.1. The van der Waals surface area contributed by atoms with Gasteiger partial charge in [-0.25, -0.2) is 0 Å². The minimum Gasteiger partial charge on any atom is -0.376 e. The normalized spacial score (nSPS) is 33.3. The zero-order chi connectivity index (χ0) is 13.9. The van der Waals surface area contributed by atoms with Gasteiger partial charge in [-0.15, -0.1) is 0 Å². The summed E-state index contributed by atoms with van der Waals surface area (Å²) in [6.07, 6.45) is 0.0332. The van der Waals surface area contributed by atoms with Gasteiger partial charge in [0, 0.05) is 7.11 Å². The molecule has 0 amide bonds. The summed E-state index contributed by atoms with van der Waals surface area (Å²) in [5, 5.41) is 0. The van der Waals surface area contributed by atoms with E-state index in [-0.39, 0.29) is 36.1 Å². The van der Waals surface area contributed by atoms with E-state index in [2.05, 4.69) is 0 Å². The highest BCUT2D eigenvalue weighted by atomic mass is 16.6. The van der Waals surface area contributed by atoms with Crippen LogP contribution in [0.4, 0.5) is 0 Å². The fourth-order valence-corrected chi connectivity index (χ4v) is 2.18. The molecule has 1 heterocycles. The van der Waals surface area contributed by atoms with Crippen LogP contribution in [0.3, 0.4) is 0 Å². The fourth-order valence-electron chi connectivity index (χ4n) is 2.18. The minimum absolute atomic E-state index is 0.0269. The van der Waals surface area contributed by atoms with E-state index in [1.165, 1.54) is 0 Å². The maximum atomic E-state index is 5.93. The van der Waals surface area contributed by atoms with Crippen LogP contribution in [0, 0.1) is 0 Å². The summed E-state index contributed by atoms with van der Waals surface area (Å²) in [6.45, 7) is 12.7. The number of methoxy groups -OCH3 is 1. The summed E-state index contributed by atoms with van der Waals surface area (Å²) >= 11 is 0. The summed E-state index contributed by atoms with van der Waals surface area (Å²) in [7, 11) is 1.70. The third kappa shape index (κ3) is 4.50. The lowest BCUT2D eigenvalue weighted by atomic mass is 10.1. The molecule has 0 bridgehead atoms. The Labute approximate surface area is 111 Å². The smallest absolute Gasteiger partial charge is 0.115 e. The molecule has 0 radical (unpaired) electrons. The van der Waals surface area contributed by atoms with E-state index in [0.717, 1.165) is 0 Å². The van der Waals surface area contributed by atoms with Gasteiger partial charge < -0.3 is 18.9 Å². The van der Waals surface area contributed by atoms with Gasteiger partial charge in [0.05, 0.1) is 24.4 Å². The first-order valence-corrected chi connectivity index (χ1v) is 6.72. The number of ether oxygens (including phenoxy) is 4. The molecule has 0 aromatic heterocycles. The van der Waals surface area contributed by atoms with E-state index in [4.69, 9.17) is 18.9 Å². The molecule has 0 aliphatic carbocycles. The van der Waals surface area contributed by atoms with Crippen molar-refractivity contribution in [3.05, 3.63) is 0 Å². The molecule has 4 heteroatoms. The standard InChI is InChI=1S/C14H28O4/c1-9(2)17-13-11(8-16-14(4,5)6)18-10(3)12(13)15-7/h9-13H,8H2,1-7H3/t10-,11+,12?,13+/m0/s1. The molecule has 1 aliphatic heterocycles. The Hall–Kier alpha value is -0.160. The van der Waals surface area contributed by atoms with Crippen molar-refractivity contribution in [1.82, 2.24) is 0 Å². The van der Waals surface area contributed by atoms with Gasteiger partial charge in [0.1, 0.15) is 18.3 Å². The second kappa shape index (κ2) is 6.33. The first-order valence-electron chi connectivity index (χ1n) is 6.72. The highest BCUT2D eigenvalue weighted by molar-refractivity contribution is 4.91. The lowest BCUT2D eigenvalue weighted by molar-refractivity contribution is -0.113. The second-order valence-electron chi connectivity index (χ2n) is 6.15. The van der Waals surface area contributed by atoms with E-state index >= 15 is 0 Å². The average molecular weight is 260 g/mol. The lowest BCUT2D eigenvalue weighted by Gasteiger charge is -2.27. The number of hydrogen-bond donors (Lipinski definition) is 0. The Morgan fingerprint density at radius 1 is 1.17 bits per heavy atom. The summed E-state index contributed by atoms with van der Waals surface area (Å²) in [5.74, 6) is 0. The van der Waals surface area contributed by atoms with Crippen LogP contribution < -0.4 is 0 Å². The van der Waals surface area contributed by atoms with Crippen LogP contribution in [0.1, 0.15) is 41.5 Å². The molecule has 1 fully saturated rings. The van der Waals surface area contributed by atoms with Gasteiger partial charge in [0.25, 0.3) is 0 Å². The zero-order valence-electron chi connectivity index (χ0n) is 12.7. The van der Waals surface area contributed by atoms with Crippen LogP contribution in [0.15, 0.2) is 0 Å². The summed E-state index contributed by atoms with van der Waals surface area (Å²) in [4.78, 5) is 0. The molecular formula is C14H28O4. The fraction of sp³-hybridized carbons (Fsp3) is 1.00. The Balaban J connectivity index is 2.64. The van der Waals surface area contributed by atoms with E-state index in [1.807, 2.05) is 41.5 Å². The molecule has 0 N–H and O–H groups in total. The molecular weight excluding hydrogens is 232 g/mol. The van der Waals surface area contributed by atoms with Crippen molar-refractivity contribution in [1.29, 1.82) is 0 Å². The monoisotopic (exact) mass is 260 g/mol. The van der Waals surface area contributed by atoms with Crippen LogP contribution in [-0.2, 0) is 18.9 Å². The van der Waals surface area contributed by atoms with E-state index < -0.39 is 0 Å². The zero-order valence-corrected chi connectivity index (χ0v) is 12.7. The molecule has 0 aromatic carbocycles. The van der Waals surface area contributed by atoms with Crippen molar-refractivity contribution in [2.45, 2.75) is 77.7 Å². The summed E-state index contributed by atoms with van der Waals surface area (Å²) in [5.41, 5.74) is -0.167. The van der Waals surface area contributed by atoms with E-state index in [0.29, 0.717) is 6.61 Å². The van der Waals surface area contributed by atoms with Crippen LogP contribution in [0.25, 0.3) is 0 Å². The SMILES string of the molecule is COC1[C@H](C)O[C@H](COC(C)(C)C)[C@H]1OC(C)C. The molecule has 0 saturated carbocycles. The van der Waals surface area contributed by atoms with Gasteiger partial charge in [0.15, 0.2) is 0 Å². The topological polar surface area (TPSA) is 36.9 Å². The third-order valence-corrected chi connectivity index (χ3v) is 2.92. The molecule has 18 heavy (non-hydrogen) atoms. The summed E-state index contributed by atoms with van der Waals surface area (Å²) in [6, 6.07) is 0. The van der Waals surface area contributed by atoms with Crippen molar-refractivity contribution < 1.29 is 18.9 Å². The maximum Gasteiger partial charge on any atom is 0.115 e. The van der Waals surface area contributed by atoms with Crippen molar-refractivity contribution in [2.24, 2.45) is 0 Å². The quantitative estimate of drug-likeness (QED) is 0.760. The largest absolute Gasteiger partial charge is 0.376 e. The van der Waals surface area contributed by atoms with Crippen LogP contribution >= 0.6 is 0 Å². The van der Waals surface area contributed by atoms with Crippen molar-refractivity contribution in [2.75, 3.05) is 13.7 Å². The third-order valence-electron chi connectivity index (χ3n) is 2.92. The molecule has 1 aliphatic rings. The molecule has 4 atom stereocenters. The van der Waals surface area contributed by atoms with Crippen molar-refractivity contribution >= 4 is 0 Å². The van der Waals surface area contributed by atoms with Gasteiger partial charge in [-0.3, -0.25) is 0 Å².